The van der Waals surface area contributed by atoms with Crippen LogP contribution in [0.3, 0.4) is 0 Å². The van der Waals surface area contributed by atoms with Gasteiger partial charge in [-0.3, -0.25) is 9.89 Å². The first-order valence-electron chi connectivity index (χ1n) is 6.61. The van der Waals surface area contributed by atoms with Crippen LogP contribution in [0.1, 0.15) is 26.2 Å². The fraction of sp³-hybridized carbons (Fsp3) is 0.769. The van der Waals surface area contributed by atoms with Gasteiger partial charge in [0.25, 0.3) is 0 Å². The number of hydrogen-bond acceptors (Lipinski definition) is 2. The third-order valence-electron chi connectivity index (χ3n) is 3.30. The Bertz CT molecular complexity index is 250. The fourth-order valence-electron chi connectivity index (χ4n) is 2.31. The summed E-state index contributed by atoms with van der Waals surface area (Å²) < 4.78 is 0. The molecule has 2 N–H and O–H groups in total. The van der Waals surface area contributed by atoms with Crippen LogP contribution in [0.25, 0.3) is 0 Å². The Labute approximate surface area is 105 Å². The van der Waals surface area contributed by atoms with Gasteiger partial charge in [-0.15, -0.1) is 6.58 Å². The molecule has 1 unspecified atom stereocenters. The standard InChI is InChI=1S/C13H26N4/c1-4-9-15-13(14-3)16-11-12-8-6-7-10-17(12)5-2/h4,12H,1,5-11H2,2-3H3,(H2,14,15,16). The Balaban J connectivity index is 2.33. The van der Waals surface area contributed by atoms with Crippen LogP contribution in [-0.2, 0) is 0 Å². The monoisotopic (exact) mass is 238 g/mol. The number of hydrogen-bond donors (Lipinski definition) is 2. The second kappa shape index (κ2) is 8.12. The van der Waals surface area contributed by atoms with Crippen molar-refractivity contribution in [1.82, 2.24) is 15.5 Å². The van der Waals surface area contributed by atoms with Crippen LogP contribution < -0.4 is 10.6 Å². The van der Waals surface area contributed by atoms with Gasteiger partial charge in [-0.2, -0.15) is 0 Å². The predicted molar refractivity (Wildman–Crippen MR) is 74.4 cm³/mol. The largest absolute Gasteiger partial charge is 0.355 e. The summed E-state index contributed by atoms with van der Waals surface area (Å²) in [5.41, 5.74) is 0. The molecule has 1 aliphatic rings. The molecule has 0 radical (unpaired) electrons. The van der Waals surface area contributed by atoms with Crippen LogP contribution in [0.4, 0.5) is 0 Å². The van der Waals surface area contributed by atoms with Crippen LogP contribution in [0.15, 0.2) is 17.6 Å². The zero-order valence-electron chi connectivity index (χ0n) is 11.2. The maximum Gasteiger partial charge on any atom is 0.191 e. The van der Waals surface area contributed by atoms with Gasteiger partial charge in [-0.1, -0.05) is 19.4 Å². The molecule has 1 rings (SSSR count). The van der Waals surface area contributed by atoms with E-state index in [0.29, 0.717) is 6.04 Å². The van der Waals surface area contributed by atoms with Gasteiger partial charge in [0, 0.05) is 26.2 Å². The van der Waals surface area contributed by atoms with Gasteiger partial charge in [0.2, 0.25) is 0 Å². The Hall–Kier alpha value is -1.03. The zero-order valence-corrected chi connectivity index (χ0v) is 11.2. The second-order valence-electron chi connectivity index (χ2n) is 4.40. The van der Waals surface area contributed by atoms with E-state index < -0.39 is 0 Å². The minimum Gasteiger partial charge on any atom is -0.355 e. The Morgan fingerprint density at radius 3 is 2.94 bits per heavy atom. The van der Waals surface area contributed by atoms with E-state index in [1.807, 2.05) is 6.08 Å². The molecule has 0 amide bonds. The summed E-state index contributed by atoms with van der Waals surface area (Å²) in [7, 11) is 1.80. The van der Waals surface area contributed by atoms with Gasteiger partial charge in [0.1, 0.15) is 0 Å². The highest BCUT2D eigenvalue weighted by atomic mass is 15.2. The van der Waals surface area contributed by atoms with Crippen LogP contribution >= 0.6 is 0 Å². The summed E-state index contributed by atoms with van der Waals surface area (Å²) in [5, 5.41) is 6.58. The van der Waals surface area contributed by atoms with Gasteiger partial charge < -0.3 is 10.6 Å². The van der Waals surface area contributed by atoms with Crippen molar-refractivity contribution >= 4 is 5.96 Å². The zero-order chi connectivity index (χ0) is 12.5. The number of aliphatic imine (C=N–C) groups is 1. The normalized spacial score (nSPS) is 22.2. The molecule has 0 saturated carbocycles. The lowest BCUT2D eigenvalue weighted by Gasteiger charge is -2.35. The number of guanidine groups is 1. The summed E-state index contributed by atoms with van der Waals surface area (Å²) in [6.07, 6.45) is 5.82. The molecule has 1 atom stereocenters. The highest BCUT2D eigenvalue weighted by Crippen LogP contribution is 2.15. The van der Waals surface area contributed by atoms with Crippen molar-refractivity contribution in [2.24, 2.45) is 4.99 Å². The highest BCUT2D eigenvalue weighted by molar-refractivity contribution is 5.79. The molecular formula is C13H26N4. The molecule has 0 bridgehead atoms. The number of likely N-dealkylation sites (N-methyl/N-ethyl adjacent to an activating group) is 1. The molecule has 1 fully saturated rings. The van der Waals surface area contributed by atoms with Crippen molar-refractivity contribution in [2.45, 2.75) is 32.2 Å². The van der Waals surface area contributed by atoms with Crippen molar-refractivity contribution in [3.05, 3.63) is 12.7 Å². The van der Waals surface area contributed by atoms with Gasteiger partial charge in [0.05, 0.1) is 0 Å². The van der Waals surface area contributed by atoms with Gasteiger partial charge in [-0.25, -0.2) is 0 Å². The molecule has 17 heavy (non-hydrogen) atoms. The number of rotatable bonds is 5. The van der Waals surface area contributed by atoms with E-state index in [9.17, 15) is 0 Å². The van der Waals surface area contributed by atoms with Crippen molar-refractivity contribution < 1.29 is 0 Å². The molecule has 0 aliphatic carbocycles. The van der Waals surface area contributed by atoms with Crippen molar-refractivity contribution in [1.29, 1.82) is 0 Å². The molecular weight excluding hydrogens is 212 g/mol. The van der Waals surface area contributed by atoms with Crippen LogP contribution in [0, 0.1) is 0 Å². The first-order valence-corrected chi connectivity index (χ1v) is 6.61. The maximum absolute atomic E-state index is 4.19. The third-order valence-corrected chi connectivity index (χ3v) is 3.30. The molecule has 98 valence electrons. The van der Waals surface area contributed by atoms with Crippen molar-refractivity contribution in [3.63, 3.8) is 0 Å². The number of likely N-dealkylation sites (tertiary alicyclic amines) is 1. The van der Waals surface area contributed by atoms with Gasteiger partial charge in [0.15, 0.2) is 5.96 Å². The predicted octanol–water partition coefficient (Wildman–Crippen LogP) is 1.21. The van der Waals surface area contributed by atoms with Gasteiger partial charge >= 0.3 is 0 Å². The molecule has 0 spiro atoms. The molecule has 0 aromatic heterocycles. The number of nitrogens with one attached hydrogen (secondary N) is 2. The number of piperidine rings is 1. The molecule has 4 heteroatoms. The maximum atomic E-state index is 4.19. The average molecular weight is 238 g/mol. The summed E-state index contributed by atoms with van der Waals surface area (Å²) in [6.45, 7) is 10.0. The summed E-state index contributed by atoms with van der Waals surface area (Å²) >= 11 is 0. The minimum atomic E-state index is 0.649. The Morgan fingerprint density at radius 2 is 2.29 bits per heavy atom. The molecule has 1 heterocycles. The Kier molecular flexibility index (Phi) is 6.70. The van der Waals surface area contributed by atoms with Crippen molar-refractivity contribution in [2.75, 3.05) is 33.2 Å². The Morgan fingerprint density at radius 1 is 1.47 bits per heavy atom. The molecule has 4 nitrogen and oxygen atoms in total. The summed E-state index contributed by atoms with van der Waals surface area (Å²) in [6, 6.07) is 0.649. The SMILES string of the molecule is C=CCNC(=NC)NCC1CCCCN1CC. The first kappa shape index (κ1) is 14.0. The topological polar surface area (TPSA) is 39.7 Å². The van der Waals surface area contributed by atoms with E-state index >= 15 is 0 Å². The van der Waals surface area contributed by atoms with E-state index in [0.717, 1.165) is 25.6 Å². The fourth-order valence-corrected chi connectivity index (χ4v) is 2.31. The quantitative estimate of drug-likeness (QED) is 0.430. The highest BCUT2D eigenvalue weighted by Gasteiger charge is 2.20. The summed E-state index contributed by atoms with van der Waals surface area (Å²) in [4.78, 5) is 6.74. The molecule has 0 aromatic rings. The molecule has 1 saturated heterocycles. The second-order valence-corrected chi connectivity index (χ2v) is 4.40. The summed E-state index contributed by atoms with van der Waals surface area (Å²) in [5.74, 6) is 0.867. The van der Waals surface area contributed by atoms with E-state index in [1.54, 1.807) is 7.05 Å². The van der Waals surface area contributed by atoms with E-state index in [2.05, 4.69) is 34.0 Å². The van der Waals surface area contributed by atoms with E-state index in [1.165, 1.54) is 25.8 Å². The van der Waals surface area contributed by atoms with E-state index in [-0.39, 0.29) is 0 Å². The van der Waals surface area contributed by atoms with Crippen LogP contribution in [0.2, 0.25) is 0 Å². The molecule has 0 aromatic carbocycles. The lowest BCUT2D eigenvalue weighted by atomic mass is 10.0. The lowest BCUT2D eigenvalue weighted by Crippen LogP contribution is -2.49. The first-order chi connectivity index (χ1) is 8.31. The van der Waals surface area contributed by atoms with Gasteiger partial charge in [-0.05, 0) is 25.9 Å². The smallest absolute Gasteiger partial charge is 0.191 e. The number of nitrogens with zero attached hydrogens (tertiary/aromatic N) is 2. The van der Waals surface area contributed by atoms with Crippen LogP contribution in [0.5, 0.6) is 0 Å². The van der Waals surface area contributed by atoms with Crippen LogP contribution in [-0.4, -0.2) is 50.1 Å². The third kappa shape index (κ3) is 4.77. The average Bonchev–Trinajstić information content (AvgIpc) is 2.39. The van der Waals surface area contributed by atoms with E-state index in [4.69, 9.17) is 0 Å². The van der Waals surface area contributed by atoms with Crippen molar-refractivity contribution in [3.8, 4) is 0 Å². The minimum absolute atomic E-state index is 0.649. The lowest BCUT2D eigenvalue weighted by molar-refractivity contribution is 0.157. The molecule has 1 aliphatic heterocycles.